The van der Waals surface area contributed by atoms with Gasteiger partial charge < -0.3 is 14.4 Å². The van der Waals surface area contributed by atoms with Crippen LogP contribution in [0.3, 0.4) is 0 Å². The summed E-state index contributed by atoms with van der Waals surface area (Å²) in [4.78, 5) is 25.1. The fourth-order valence-corrected chi connectivity index (χ4v) is 2.07. The van der Waals surface area contributed by atoms with Crippen LogP contribution >= 0.6 is 0 Å². The Morgan fingerprint density at radius 3 is 2.50 bits per heavy atom. The summed E-state index contributed by atoms with van der Waals surface area (Å²) in [5.41, 5.74) is 2.55. The second kappa shape index (κ2) is 5.61. The van der Waals surface area contributed by atoms with E-state index in [9.17, 15) is 9.59 Å². The van der Waals surface area contributed by atoms with Gasteiger partial charge in [-0.1, -0.05) is 18.2 Å². The summed E-state index contributed by atoms with van der Waals surface area (Å²) in [7, 11) is 4.38. The lowest BCUT2D eigenvalue weighted by atomic mass is 9.99. The number of carbonyl (C=O) groups is 2. The molecule has 1 aliphatic heterocycles. The zero-order chi connectivity index (χ0) is 14.7. The predicted molar refractivity (Wildman–Crippen MR) is 74.9 cm³/mol. The van der Waals surface area contributed by atoms with E-state index in [0.29, 0.717) is 11.3 Å². The smallest absolute Gasteiger partial charge is 0.340 e. The molecule has 0 bridgehead atoms. The SMILES string of the molecule is COC(=O)/C=C1\C(C(=O)OC)=Cc2ccccc2N1C. The van der Waals surface area contributed by atoms with Crippen molar-refractivity contribution in [3.05, 3.63) is 47.2 Å². The Labute approximate surface area is 117 Å². The molecule has 1 aliphatic rings. The number of hydrogen-bond donors (Lipinski definition) is 0. The number of rotatable bonds is 2. The Morgan fingerprint density at radius 1 is 1.15 bits per heavy atom. The molecule has 0 N–H and O–H groups in total. The highest BCUT2D eigenvalue weighted by molar-refractivity contribution is 6.04. The molecule has 0 aliphatic carbocycles. The number of methoxy groups -OCH3 is 2. The number of nitrogens with zero attached hydrogens (tertiary/aromatic N) is 1. The van der Waals surface area contributed by atoms with E-state index >= 15 is 0 Å². The highest BCUT2D eigenvalue weighted by Gasteiger charge is 2.26. The summed E-state index contributed by atoms with van der Waals surface area (Å²) in [6, 6.07) is 7.57. The van der Waals surface area contributed by atoms with Gasteiger partial charge in [-0.05, 0) is 17.7 Å². The van der Waals surface area contributed by atoms with E-state index in [0.717, 1.165) is 11.3 Å². The number of para-hydroxylation sites is 1. The highest BCUT2D eigenvalue weighted by atomic mass is 16.5. The van der Waals surface area contributed by atoms with Gasteiger partial charge in [-0.2, -0.15) is 0 Å². The predicted octanol–water partition coefficient (Wildman–Crippen LogP) is 1.75. The lowest BCUT2D eigenvalue weighted by molar-refractivity contribution is -0.135. The zero-order valence-electron chi connectivity index (χ0n) is 11.5. The van der Waals surface area contributed by atoms with Crippen molar-refractivity contribution >= 4 is 23.7 Å². The Kier molecular flexibility index (Phi) is 3.89. The van der Waals surface area contributed by atoms with Gasteiger partial charge in [0.15, 0.2) is 0 Å². The minimum Gasteiger partial charge on any atom is -0.466 e. The van der Waals surface area contributed by atoms with Crippen molar-refractivity contribution in [1.82, 2.24) is 0 Å². The molecule has 1 heterocycles. The molecule has 0 atom stereocenters. The molecule has 0 radical (unpaired) electrons. The number of fused-ring (bicyclic) bond motifs is 1. The third-order valence-corrected chi connectivity index (χ3v) is 3.10. The van der Waals surface area contributed by atoms with Crippen molar-refractivity contribution < 1.29 is 19.1 Å². The molecule has 0 unspecified atom stereocenters. The second-order valence-electron chi connectivity index (χ2n) is 4.22. The topological polar surface area (TPSA) is 55.8 Å². The summed E-state index contributed by atoms with van der Waals surface area (Å²) in [6.45, 7) is 0. The van der Waals surface area contributed by atoms with Crippen molar-refractivity contribution in [2.24, 2.45) is 0 Å². The number of esters is 2. The summed E-state index contributed by atoms with van der Waals surface area (Å²) in [5, 5.41) is 0. The van der Waals surface area contributed by atoms with E-state index in [4.69, 9.17) is 4.74 Å². The molecule has 5 heteroatoms. The average molecular weight is 273 g/mol. The maximum atomic E-state index is 11.9. The van der Waals surface area contributed by atoms with Gasteiger partial charge in [0, 0.05) is 18.8 Å². The van der Waals surface area contributed by atoms with Crippen LogP contribution in [0.15, 0.2) is 41.6 Å². The normalized spacial score (nSPS) is 15.4. The minimum atomic E-state index is -0.527. The minimum absolute atomic E-state index is 0.319. The number of hydrogen-bond acceptors (Lipinski definition) is 5. The molecule has 0 saturated carbocycles. The van der Waals surface area contributed by atoms with Crippen molar-refractivity contribution in [2.45, 2.75) is 0 Å². The first-order valence-corrected chi connectivity index (χ1v) is 6.01. The number of ether oxygens (including phenoxy) is 2. The molecule has 0 amide bonds. The van der Waals surface area contributed by atoms with E-state index in [1.54, 1.807) is 18.0 Å². The van der Waals surface area contributed by atoms with Gasteiger partial charge in [0.2, 0.25) is 0 Å². The standard InChI is InChI=1S/C15H15NO4/c1-16-12-7-5-4-6-10(12)8-11(15(18)20-3)13(16)9-14(17)19-2/h4-9H,1-3H3/b13-9+. The third kappa shape index (κ3) is 2.42. The average Bonchev–Trinajstić information content (AvgIpc) is 2.48. The van der Waals surface area contributed by atoms with Crippen LogP contribution in [-0.4, -0.2) is 33.2 Å². The van der Waals surface area contributed by atoms with E-state index in [-0.39, 0.29) is 0 Å². The van der Waals surface area contributed by atoms with Crippen LogP contribution in [0.4, 0.5) is 5.69 Å². The molecule has 20 heavy (non-hydrogen) atoms. The monoisotopic (exact) mass is 273 g/mol. The maximum Gasteiger partial charge on any atom is 0.340 e. The summed E-state index contributed by atoms with van der Waals surface area (Å²) < 4.78 is 9.40. The van der Waals surface area contributed by atoms with Gasteiger partial charge in [-0.3, -0.25) is 0 Å². The lowest BCUT2D eigenvalue weighted by Crippen LogP contribution is -2.26. The molecule has 5 nitrogen and oxygen atoms in total. The molecule has 2 rings (SSSR count). The van der Waals surface area contributed by atoms with E-state index in [2.05, 4.69) is 4.74 Å². The highest BCUT2D eigenvalue weighted by Crippen LogP contribution is 2.34. The largest absolute Gasteiger partial charge is 0.466 e. The van der Waals surface area contributed by atoms with Crippen LogP contribution in [0, 0.1) is 0 Å². The van der Waals surface area contributed by atoms with Gasteiger partial charge in [0.05, 0.1) is 25.5 Å². The molecule has 0 aromatic heterocycles. The van der Waals surface area contributed by atoms with Crippen LogP contribution in [0.25, 0.3) is 6.08 Å². The van der Waals surface area contributed by atoms with E-state index < -0.39 is 11.9 Å². The lowest BCUT2D eigenvalue weighted by Gasteiger charge is -2.29. The summed E-state index contributed by atoms with van der Waals surface area (Å²) in [5.74, 6) is -1.03. The van der Waals surface area contributed by atoms with Gasteiger partial charge >= 0.3 is 11.9 Å². The molecule has 1 aromatic rings. The first kappa shape index (κ1) is 13.9. The first-order valence-electron chi connectivity index (χ1n) is 6.01. The molecule has 0 spiro atoms. The number of carbonyl (C=O) groups excluding carboxylic acids is 2. The van der Waals surface area contributed by atoms with Crippen LogP contribution in [0.2, 0.25) is 0 Å². The fourth-order valence-electron chi connectivity index (χ4n) is 2.07. The Bertz CT molecular complexity index is 616. The van der Waals surface area contributed by atoms with Crippen molar-refractivity contribution in [3.8, 4) is 0 Å². The van der Waals surface area contributed by atoms with E-state index in [1.165, 1.54) is 20.3 Å². The van der Waals surface area contributed by atoms with Crippen LogP contribution in [0.5, 0.6) is 0 Å². The fraction of sp³-hybridized carbons (Fsp3) is 0.200. The molecule has 104 valence electrons. The maximum absolute atomic E-state index is 11.9. The van der Waals surface area contributed by atoms with Gasteiger partial charge in [-0.25, -0.2) is 9.59 Å². The Morgan fingerprint density at radius 2 is 1.85 bits per heavy atom. The van der Waals surface area contributed by atoms with Crippen LogP contribution < -0.4 is 4.90 Å². The summed E-state index contributed by atoms with van der Waals surface area (Å²) >= 11 is 0. The van der Waals surface area contributed by atoms with Crippen LogP contribution in [-0.2, 0) is 19.1 Å². The van der Waals surface area contributed by atoms with Crippen LogP contribution in [0.1, 0.15) is 5.56 Å². The van der Waals surface area contributed by atoms with Gasteiger partial charge in [0.25, 0.3) is 0 Å². The molecule has 0 fully saturated rings. The van der Waals surface area contributed by atoms with E-state index in [1.807, 2.05) is 24.3 Å². The number of benzene rings is 1. The second-order valence-corrected chi connectivity index (χ2v) is 4.22. The Hall–Kier alpha value is -2.56. The molecular formula is C15H15NO4. The number of anilines is 1. The van der Waals surface area contributed by atoms with Crippen molar-refractivity contribution in [1.29, 1.82) is 0 Å². The molecule has 0 saturated heterocycles. The third-order valence-electron chi connectivity index (χ3n) is 3.10. The quantitative estimate of drug-likeness (QED) is 0.607. The summed E-state index contributed by atoms with van der Waals surface area (Å²) in [6.07, 6.45) is 2.98. The zero-order valence-corrected chi connectivity index (χ0v) is 11.5. The van der Waals surface area contributed by atoms with Crippen molar-refractivity contribution in [3.63, 3.8) is 0 Å². The van der Waals surface area contributed by atoms with Gasteiger partial charge in [-0.15, -0.1) is 0 Å². The molecular weight excluding hydrogens is 258 g/mol. The Balaban J connectivity index is 2.59. The number of likely N-dealkylation sites (N-methyl/N-ethyl adjacent to an activating group) is 1. The first-order chi connectivity index (χ1) is 9.58. The van der Waals surface area contributed by atoms with Gasteiger partial charge in [0.1, 0.15) is 0 Å². The molecule has 1 aromatic carbocycles. The van der Waals surface area contributed by atoms with Crippen molar-refractivity contribution in [2.75, 3.05) is 26.2 Å².